The molecule has 0 fully saturated rings. The van der Waals surface area contributed by atoms with Gasteiger partial charge in [-0.25, -0.2) is 26.3 Å². The molecule has 6 aromatic rings. The zero-order valence-corrected chi connectivity index (χ0v) is 36.2. The smallest absolute Gasteiger partial charge is 0.281 e. The van der Waals surface area contributed by atoms with Gasteiger partial charge in [-0.15, -0.1) is 0 Å². The van der Waals surface area contributed by atoms with Gasteiger partial charge in [0.2, 0.25) is 20.0 Å². The number of ether oxygens (including phenoxy) is 2. The van der Waals surface area contributed by atoms with Crippen LogP contribution in [0, 0.1) is 0 Å². The van der Waals surface area contributed by atoms with E-state index < -0.39 is 37.6 Å². The highest BCUT2D eigenvalue weighted by molar-refractivity contribution is 7.89. The van der Waals surface area contributed by atoms with Crippen LogP contribution in [0.1, 0.15) is 68.1 Å². The first kappa shape index (κ1) is 42.7. The number of nitrogens with one attached hydrogen (secondary N) is 4. The zero-order valence-electron chi connectivity index (χ0n) is 31.5. The van der Waals surface area contributed by atoms with Gasteiger partial charge in [-0.1, -0.05) is 64.6 Å². The van der Waals surface area contributed by atoms with Gasteiger partial charge in [-0.3, -0.25) is 9.59 Å². The molecule has 2 amide bonds. The maximum absolute atomic E-state index is 13.7. The van der Waals surface area contributed by atoms with Crippen molar-refractivity contribution >= 4 is 100 Å². The third-order valence-electron chi connectivity index (χ3n) is 9.96. The van der Waals surface area contributed by atoms with Crippen molar-refractivity contribution in [2.24, 2.45) is 0 Å². The minimum Gasteiger partial charge on any atom is -0.494 e. The number of rotatable bonds is 16. The Balaban J connectivity index is 1.01. The number of sulfonamides is 2. The summed E-state index contributed by atoms with van der Waals surface area (Å²) in [4.78, 5) is 32.6. The summed E-state index contributed by atoms with van der Waals surface area (Å²) in [5.74, 6) is -0.797. The van der Waals surface area contributed by atoms with Crippen LogP contribution >= 0.6 is 46.4 Å². The molecule has 1 aliphatic carbocycles. The molecule has 0 saturated carbocycles. The minimum atomic E-state index is -4.15. The number of benzene rings is 4. The number of hydrogen-bond donors (Lipinski definition) is 4. The molecule has 2 heterocycles. The average Bonchev–Trinajstić information content (AvgIpc) is 3.89. The van der Waals surface area contributed by atoms with Crippen molar-refractivity contribution in [3.8, 4) is 11.5 Å². The number of aromatic nitrogens is 2. The van der Waals surface area contributed by atoms with Crippen LogP contribution < -0.4 is 18.9 Å². The van der Waals surface area contributed by atoms with E-state index in [1.807, 2.05) is 4.72 Å². The minimum absolute atomic E-state index is 0.119. The molecule has 0 bridgehead atoms. The van der Waals surface area contributed by atoms with Gasteiger partial charge in [-0.05, 0) is 115 Å². The topological polar surface area (TPSA) is 177 Å². The van der Waals surface area contributed by atoms with Crippen LogP contribution in [0.4, 0.5) is 0 Å². The van der Waals surface area contributed by atoms with Gasteiger partial charge in [0.25, 0.3) is 11.8 Å². The van der Waals surface area contributed by atoms with Gasteiger partial charge in [0.05, 0.1) is 35.3 Å². The van der Waals surface area contributed by atoms with E-state index in [1.165, 1.54) is 0 Å². The maximum atomic E-state index is 13.7. The number of H-pyrrole nitrogens is 2. The van der Waals surface area contributed by atoms with Gasteiger partial charge < -0.3 is 19.4 Å². The Hall–Kier alpha value is -4.44. The van der Waals surface area contributed by atoms with Crippen molar-refractivity contribution < 1.29 is 35.9 Å². The molecule has 2 aromatic heterocycles. The van der Waals surface area contributed by atoms with E-state index in [0.29, 0.717) is 104 Å². The van der Waals surface area contributed by atoms with Gasteiger partial charge in [0, 0.05) is 37.9 Å². The molecule has 7 rings (SSSR count). The predicted octanol–water partition coefficient (Wildman–Crippen LogP) is 8.72. The van der Waals surface area contributed by atoms with Crippen LogP contribution in [0.15, 0.2) is 66.7 Å². The van der Waals surface area contributed by atoms with Crippen LogP contribution in [-0.4, -0.2) is 58.1 Å². The molecule has 0 spiro atoms. The Kier molecular flexibility index (Phi) is 12.8. The number of amides is 2. The second-order valence-corrected chi connectivity index (χ2v) is 19.4. The molecule has 0 saturated heterocycles. The number of halogens is 4. The van der Waals surface area contributed by atoms with Crippen LogP contribution in [0.2, 0.25) is 20.1 Å². The Bertz CT molecular complexity index is 2840. The second kappa shape index (κ2) is 17.6. The van der Waals surface area contributed by atoms with E-state index >= 15 is 0 Å². The van der Waals surface area contributed by atoms with E-state index in [9.17, 15) is 26.4 Å². The summed E-state index contributed by atoms with van der Waals surface area (Å²) in [6.07, 6.45) is 4.84. The lowest BCUT2D eigenvalue weighted by molar-refractivity contribution is 0.0967. The molecule has 4 N–H and O–H groups in total. The summed E-state index contributed by atoms with van der Waals surface area (Å²) in [5, 5.41) is 3.18. The highest BCUT2D eigenvalue weighted by atomic mass is 35.5. The molecule has 0 unspecified atom stereocenters. The van der Waals surface area contributed by atoms with Crippen molar-refractivity contribution in [1.82, 2.24) is 19.4 Å². The molecular weight excluding hydrogens is 882 g/mol. The molecule has 0 aliphatic heterocycles. The van der Waals surface area contributed by atoms with Crippen LogP contribution in [0.3, 0.4) is 0 Å². The summed E-state index contributed by atoms with van der Waals surface area (Å²) >= 11 is 24.5. The Morgan fingerprint density at radius 2 is 1.25 bits per heavy atom. The normalized spacial score (nSPS) is 12.8. The number of carbonyl (C=O) groups is 2. The lowest BCUT2D eigenvalue weighted by Crippen LogP contribution is -2.32. The third-order valence-corrected chi connectivity index (χ3v) is 12.9. The summed E-state index contributed by atoms with van der Waals surface area (Å²) in [6, 6.07) is 18.7. The molecule has 310 valence electrons. The van der Waals surface area contributed by atoms with E-state index in [0.717, 1.165) is 34.6 Å². The Labute approximate surface area is 361 Å². The van der Waals surface area contributed by atoms with Gasteiger partial charge in [-0.2, -0.15) is 0 Å². The van der Waals surface area contributed by atoms with Gasteiger partial charge in [0.1, 0.15) is 22.9 Å². The fourth-order valence-corrected chi connectivity index (χ4v) is 9.68. The number of aryl methyl sites for hydroxylation is 2. The fourth-order valence-electron chi connectivity index (χ4n) is 7.47. The predicted molar refractivity (Wildman–Crippen MR) is 232 cm³/mol. The lowest BCUT2D eigenvalue weighted by Gasteiger charge is -2.15. The molecule has 0 radical (unpaired) electrons. The van der Waals surface area contributed by atoms with Gasteiger partial charge in [0.15, 0.2) is 0 Å². The Morgan fingerprint density at radius 1 is 0.678 bits per heavy atom. The zero-order chi connectivity index (χ0) is 42.1. The van der Waals surface area contributed by atoms with Gasteiger partial charge >= 0.3 is 0 Å². The second-order valence-electron chi connectivity index (χ2n) is 14.2. The highest BCUT2D eigenvalue weighted by Gasteiger charge is 2.27. The molecule has 0 atom stereocenters. The number of carbonyl (C=O) groups excluding carboxylic acids is 2. The molecule has 1 aliphatic rings. The van der Waals surface area contributed by atoms with E-state index in [1.54, 1.807) is 66.7 Å². The summed E-state index contributed by atoms with van der Waals surface area (Å²) in [6.45, 7) is 0.572. The average molecular weight is 921 g/mol. The first-order valence-electron chi connectivity index (χ1n) is 18.6. The molecule has 12 nitrogen and oxygen atoms in total. The van der Waals surface area contributed by atoms with Crippen LogP contribution in [0.25, 0.3) is 21.8 Å². The first-order chi connectivity index (χ1) is 28.0. The molecule has 18 heteroatoms. The van der Waals surface area contributed by atoms with Crippen molar-refractivity contribution in [2.75, 3.05) is 19.5 Å². The molecule has 59 heavy (non-hydrogen) atoms. The highest BCUT2D eigenvalue weighted by Crippen LogP contribution is 2.35. The van der Waals surface area contributed by atoms with E-state index in [-0.39, 0.29) is 18.0 Å². The number of hydrogen-bond acceptors (Lipinski definition) is 8. The maximum Gasteiger partial charge on any atom is 0.281 e. The molecule has 4 aromatic carbocycles. The fraction of sp³-hybridized carbons (Fsp3) is 0.268. The van der Waals surface area contributed by atoms with Crippen LogP contribution in [0.5, 0.6) is 11.5 Å². The van der Waals surface area contributed by atoms with E-state index in [4.69, 9.17) is 55.9 Å². The standard InChI is InChI=1S/C41H38Cl4N4O8S2/c1-58(52,53)48-40(50)38-31(28-13-10-24(42)19-35(28)46-38)8-4-18-57-37-16-9-23(27-5-2-6-30(27)37)22-59(54,55)49-41(51)39-32(29-14-11-25(43)20-36(29)47-39)7-3-17-56-26-12-15-33(44)34(45)21-26/h9-16,19-21,46-47H,2-8,17-18,22H2,1H3,(H,48,50)(H,49,51). The van der Waals surface area contributed by atoms with Crippen LogP contribution in [-0.2, 0) is 51.5 Å². The van der Waals surface area contributed by atoms with Crippen molar-refractivity contribution in [3.05, 3.63) is 126 Å². The SMILES string of the molecule is CS(=O)(=O)NC(=O)c1[nH]c2cc(Cl)ccc2c1CCCOc1ccc(CS(=O)(=O)NC(=O)c2[nH]c3cc(Cl)ccc3c2CCCOc2ccc(Cl)c(Cl)c2)c2c1CCC2. The summed E-state index contributed by atoms with van der Waals surface area (Å²) < 4.78 is 67.1. The molecular formula is C41H38Cl4N4O8S2. The number of fused-ring (bicyclic) bond motifs is 3. The van der Waals surface area contributed by atoms with E-state index in [2.05, 4.69) is 14.7 Å². The summed E-state index contributed by atoms with van der Waals surface area (Å²) in [5.41, 5.74) is 5.06. The monoisotopic (exact) mass is 918 g/mol. The Morgan fingerprint density at radius 3 is 1.85 bits per heavy atom. The first-order valence-corrected chi connectivity index (χ1v) is 23.6. The van der Waals surface area contributed by atoms with Crippen molar-refractivity contribution in [2.45, 2.75) is 50.7 Å². The van der Waals surface area contributed by atoms with Crippen molar-refractivity contribution in [3.63, 3.8) is 0 Å². The lowest BCUT2D eigenvalue weighted by atomic mass is 10.0. The third kappa shape index (κ3) is 10.1. The quantitative estimate of drug-likeness (QED) is 0.0697. The largest absolute Gasteiger partial charge is 0.494 e. The van der Waals surface area contributed by atoms with Crippen molar-refractivity contribution in [1.29, 1.82) is 0 Å². The summed E-state index contributed by atoms with van der Waals surface area (Å²) in [7, 11) is -7.95. The number of aromatic amines is 2.